The van der Waals surface area contributed by atoms with E-state index in [1.807, 2.05) is 27.2 Å². The predicted molar refractivity (Wildman–Crippen MR) is 341 cm³/mol. The Balaban J connectivity index is 3.88. The van der Waals surface area contributed by atoms with Crippen LogP contribution in [0.25, 0.3) is 0 Å². The average Bonchev–Trinajstić information content (AvgIpc) is 3.41. The Labute approximate surface area is 484 Å². The van der Waals surface area contributed by atoms with Crippen molar-refractivity contribution < 1.29 is 32.9 Å². The van der Waals surface area contributed by atoms with Gasteiger partial charge in [-0.2, -0.15) is 0 Å². The van der Waals surface area contributed by atoms with Gasteiger partial charge >= 0.3 is 7.82 Å². The average molecular weight is 1110 g/mol. The second-order valence-electron chi connectivity index (χ2n) is 23.8. The van der Waals surface area contributed by atoms with Crippen LogP contribution in [0.15, 0.2) is 72.9 Å². The van der Waals surface area contributed by atoms with E-state index >= 15 is 0 Å². The zero-order valence-corrected chi connectivity index (χ0v) is 53.0. The summed E-state index contributed by atoms with van der Waals surface area (Å²) in [5, 5.41) is 13.9. The van der Waals surface area contributed by atoms with Gasteiger partial charge in [0, 0.05) is 6.42 Å². The first-order valence-electron chi connectivity index (χ1n) is 33.3. The minimum absolute atomic E-state index is 0.0566. The molecule has 0 saturated carbocycles. The molecule has 0 rings (SSSR count). The van der Waals surface area contributed by atoms with Gasteiger partial charge in [-0.1, -0.05) is 305 Å². The molecule has 0 radical (unpaired) electrons. The van der Waals surface area contributed by atoms with Gasteiger partial charge in [-0.25, -0.2) is 4.57 Å². The lowest BCUT2D eigenvalue weighted by Gasteiger charge is -2.25. The van der Waals surface area contributed by atoms with Gasteiger partial charge in [-0.05, 0) is 70.6 Å². The molecular weight excluding hydrogens is 984 g/mol. The second kappa shape index (κ2) is 59.6. The quantitative estimate of drug-likeness (QED) is 0.0243. The molecule has 0 aliphatic heterocycles. The van der Waals surface area contributed by atoms with Crippen molar-refractivity contribution in [2.24, 2.45) is 0 Å². The van der Waals surface area contributed by atoms with Crippen LogP contribution in [0.5, 0.6) is 0 Å². The fourth-order valence-corrected chi connectivity index (χ4v) is 10.5. The number of phosphoric acid groups is 1. The highest BCUT2D eigenvalue weighted by Crippen LogP contribution is 2.43. The molecule has 0 aliphatic rings. The Morgan fingerprint density at radius 1 is 0.449 bits per heavy atom. The smallest absolute Gasteiger partial charge is 0.387 e. The molecule has 78 heavy (non-hydrogen) atoms. The van der Waals surface area contributed by atoms with Gasteiger partial charge < -0.3 is 19.8 Å². The van der Waals surface area contributed by atoms with Crippen LogP contribution >= 0.6 is 7.82 Å². The SMILES string of the molecule is CC/C=C\C/C=C\C/C=C\C/C=C\CCCCCCCCCCCCCCCCCCCCCCCCCCCCCCC(=O)NC(COP(=O)(O)OCC[N+](C)(C)C)C(O)/C=C/CC/C=C/CCCCCCCCCCC. The number of phosphoric ester groups is 1. The van der Waals surface area contributed by atoms with Crippen molar-refractivity contribution in [2.45, 2.75) is 321 Å². The summed E-state index contributed by atoms with van der Waals surface area (Å²) in [4.78, 5) is 23.3. The number of unbranched alkanes of at least 4 members (excludes halogenated alkanes) is 38. The molecule has 1 amide bonds. The van der Waals surface area contributed by atoms with Crippen molar-refractivity contribution in [3.63, 3.8) is 0 Å². The van der Waals surface area contributed by atoms with E-state index in [-0.39, 0.29) is 19.1 Å². The van der Waals surface area contributed by atoms with Crippen LogP contribution in [0.2, 0.25) is 0 Å². The minimum Gasteiger partial charge on any atom is -0.387 e. The lowest BCUT2D eigenvalue weighted by atomic mass is 10.0. The number of carbonyl (C=O) groups is 1. The van der Waals surface area contributed by atoms with Crippen molar-refractivity contribution in [1.29, 1.82) is 0 Å². The molecule has 3 unspecified atom stereocenters. The molecule has 9 heteroatoms. The van der Waals surface area contributed by atoms with Crippen LogP contribution in [-0.4, -0.2) is 73.4 Å². The molecule has 0 bridgehead atoms. The van der Waals surface area contributed by atoms with Gasteiger partial charge in [0.1, 0.15) is 13.2 Å². The third-order valence-electron chi connectivity index (χ3n) is 14.9. The lowest BCUT2D eigenvalue weighted by Crippen LogP contribution is -2.45. The standard InChI is InChI=1S/C69H129N2O6P/c1-6-8-10-12-14-16-18-20-22-23-24-25-26-27-28-29-30-31-32-33-34-35-36-37-38-39-40-41-42-43-44-45-46-47-49-51-53-55-57-59-61-63-69(73)70-67(66-77-78(74,75)76-65-64-71(3,4)5)68(72)62-60-58-56-54-52-50-48-21-19-17-15-13-11-9-7-2/h8,10,14,16,20,22,24-25,52,54,60,62,67-68,72H,6-7,9,11-13,15,17-19,21,23,26-51,53,55-59,61,63-66H2,1-5H3,(H-,70,73,74,75)/p+1/b10-8-,16-14-,22-20-,25-24-,54-52+,62-60+. The maximum Gasteiger partial charge on any atom is 0.472 e. The summed E-state index contributed by atoms with van der Waals surface area (Å²) in [6, 6.07) is -0.863. The van der Waals surface area contributed by atoms with E-state index in [1.54, 1.807) is 6.08 Å². The summed E-state index contributed by atoms with van der Waals surface area (Å²) in [7, 11) is 1.56. The van der Waals surface area contributed by atoms with Crippen LogP contribution in [0.1, 0.15) is 309 Å². The summed E-state index contributed by atoms with van der Waals surface area (Å²) in [5.41, 5.74) is 0. The number of carbonyl (C=O) groups excluding carboxylic acids is 1. The molecule has 0 aromatic carbocycles. The van der Waals surface area contributed by atoms with Crippen LogP contribution in [0.4, 0.5) is 0 Å². The van der Waals surface area contributed by atoms with E-state index in [2.05, 4.69) is 79.9 Å². The Hall–Kier alpha value is -2.06. The van der Waals surface area contributed by atoms with Crippen LogP contribution in [-0.2, 0) is 18.4 Å². The lowest BCUT2D eigenvalue weighted by molar-refractivity contribution is -0.870. The molecule has 0 aromatic heterocycles. The summed E-state index contributed by atoms with van der Waals surface area (Å²) < 4.78 is 23.7. The van der Waals surface area contributed by atoms with Gasteiger partial charge in [0.15, 0.2) is 0 Å². The van der Waals surface area contributed by atoms with Gasteiger partial charge in [-0.15, -0.1) is 0 Å². The van der Waals surface area contributed by atoms with Crippen molar-refractivity contribution >= 4 is 13.7 Å². The van der Waals surface area contributed by atoms with Gasteiger partial charge in [0.2, 0.25) is 5.91 Å². The number of hydrogen-bond donors (Lipinski definition) is 3. The van der Waals surface area contributed by atoms with E-state index in [4.69, 9.17) is 9.05 Å². The summed E-state index contributed by atoms with van der Waals surface area (Å²) in [5.74, 6) is -0.183. The number of amides is 1. The van der Waals surface area contributed by atoms with Gasteiger partial charge in [-0.3, -0.25) is 13.8 Å². The number of nitrogens with one attached hydrogen (secondary N) is 1. The van der Waals surface area contributed by atoms with E-state index in [1.165, 1.54) is 225 Å². The first-order valence-corrected chi connectivity index (χ1v) is 34.8. The molecule has 0 saturated heterocycles. The summed E-state index contributed by atoms with van der Waals surface area (Å²) in [6.45, 7) is 4.70. The predicted octanol–water partition coefficient (Wildman–Crippen LogP) is 21.0. The second-order valence-corrected chi connectivity index (χ2v) is 25.3. The van der Waals surface area contributed by atoms with E-state index < -0.39 is 20.0 Å². The van der Waals surface area contributed by atoms with Gasteiger partial charge in [0.25, 0.3) is 0 Å². The number of aliphatic hydroxyl groups excluding tert-OH is 1. The fraction of sp³-hybridized carbons (Fsp3) is 0.812. The topological polar surface area (TPSA) is 105 Å². The highest BCUT2D eigenvalue weighted by atomic mass is 31.2. The van der Waals surface area contributed by atoms with Crippen molar-refractivity contribution in [3.8, 4) is 0 Å². The van der Waals surface area contributed by atoms with Crippen molar-refractivity contribution in [1.82, 2.24) is 5.32 Å². The number of allylic oxidation sites excluding steroid dienone is 11. The van der Waals surface area contributed by atoms with Crippen LogP contribution in [0.3, 0.4) is 0 Å². The molecule has 0 fully saturated rings. The van der Waals surface area contributed by atoms with E-state index in [0.29, 0.717) is 17.4 Å². The van der Waals surface area contributed by atoms with Crippen LogP contribution in [0, 0.1) is 0 Å². The zero-order valence-electron chi connectivity index (χ0n) is 52.2. The number of nitrogens with zero attached hydrogens (tertiary/aromatic N) is 1. The Morgan fingerprint density at radius 2 is 0.782 bits per heavy atom. The maximum atomic E-state index is 13.0. The number of likely N-dealkylation sites (N-methyl/N-ethyl adjacent to an activating group) is 1. The first-order chi connectivity index (χ1) is 38.0. The molecule has 0 aromatic rings. The van der Waals surface area contributed by atoms with E-state index in [0.717, 1.165) is 64.2 Å². The normalized spacial score (nSPS) is 14.2. The van der Waals surface area contributed by atoms with Crippen molar-refractivity contribution in [2.75, 3.05) is 40.9 Å². The summed E-state index contributed by atoms with van der Waals surface area (Å²) >= 11 is 0. The largest absolute Gasteiger partial charge is 0.472 e. The highest BCUT2D eigenvalue weighted by molar-refractivity contribution is 7.47. The molecule has 0 aliphatic carbocycles. The number of rotatable bonds is 61. The van der Waals surface area contributed by atoms with Crippen LogP contribution < -0.4 is 5.32 Å². The fourth-order valence-electron chi connectivity index (χ4n) is 9.76. The monoisotopic (exact) mass is 1110 g/mol. The molecule has 0 spiro atoms. The molecule has 456 valence electrons. The first kappa shape index (κ1) is 75.9. The minimum atomic E-state index is -4.35. The maximum absolute atomic E-state index is 13.0. The molecular formula is C69H130N2O6P+. The Morgan fingerprint density at radius 3 is 1.18 bits per heavy atom. The third kappa shape index (κ3) is 61.6. The summed E-state index contributed by atoms with van der Waals surface area (Å²) in [6.07, 6.45) is 83.5. The molecule has 8 nitrogen and oxygen atoms in total. The van der Waals surface area contributed by atoms with E-state index in [9.17, 15) is 19.4 Å². The molecule has 3 N–H and O–H groups in total. The third-order valence-corrected chi connectivity index (χ3v) is 15.9. The van der Waals surface area contributed by atoms with Gasteiger partial charge in [0.05, 0.1) is 39.9 Å². The number of aliphatic hydroxyl groups is 1. The number of quaternary nitrogens is 1. The van der Waals surface area contributed by atoms with Crippen molar-refractivity contribution in [3.05, 3.63) is 72.9 Å². The number of hydrogen-bond acceptors (Lipinski definition) is 5. The zero-order chi connectivity index (χ0) is 57.0. The molecule has 3 atom stereocenters. The molecule has 0 heterocycles. The highest BCUT2D eigenvalue weighted by Gasteiger charge is 2.28. The Bertz CT molecular complexity index is 1500. The Kier molecular flexibility index (Phi) is 58.0.